The first-order valence-electron chi connectivity index (χ1n) is 21.2. The van der Waals surface area contributed by atoms with Gasteiger partial charge < -0.3 is 9.32 Å². The predicted molar refractivity (Wildman–Crippen MR) is 263 cm³/mol. The summed E-state index contributed by atoms with van der Waals surface area (Å²) in [5.41, 5.74) is 14.5. The van der Waals surface area contributed by atoms with Crippen LogP contribution in [0, 0.1) is 0 Å². The van der Waals surface area contributed by atoms with Gasteiger partial charge in [0, 0.05) is 27.8 Å². The van der Waals surface area contributed by atoms with Gasteiger partial charge in [0.05, 0.1) is 0 Å². The fraction of sp³-hybridized carbons (Fsp3) is 0. The number of para-hydroxylation sites is 1. The summed E-state index contributed by atoms with van der Waals surface area (Å²) in [7, 11) is 0. The lowest BCUT2D eigenvalue weighted by atomic mass is 9.93. The molecule has 0 saturated carbocycles. The first-order valence-corrected chi connectivity index (χ1v) is 21.2. The van der Waals surface area contributed by atoms with E-state index in [0.29, 0.717) is 0 Å². The van der Waals surface area contributed by atoms with E-state index in [1.54, 1.807) is 0 Å². The molecule has 2 nitrogen and oxygen atoms in total. The van der Waals surface area contributed by atoms with E-state index in [-0.39, 0.29) is 0 Å². The van der Waals surface area contributed by atoms with Gasteiger partial charge in [0.15, 0.2) is 0 Å². The number of rotatable bonds is 7. The molecule has 12 rings (SSSR count). The molecule has 0 amide bonds. The molecular weight excluding hydrogens is 751 g/mol. The van der Waals surface area contributed by atoms with E-state index in [1.807, 2.05) is 12.1 Å². The number of nitrogens with zero attached hydrogens (tertiary/aromatic N) is 1. The molecular formula is C60H39NO. The predicted octanol–water partition coefficient (Wildman–Crippen LogP) is 17.2. The van der Waals surface area contributed by atoms with Crippen molar-refractivity contribution in [3.63, 3.8) is 0 Å². The SMILES string of the molecule is c1ccc(-c2cc(-c3ccccc3)cc(-c3ccc(N(c4ccc(-c5ccc6oc7ccccc7c6c5)cc4)c4ccc5c6ccccc6c6ccccc6c5c4)cc3)c2)cc1. The molecule has 0 radical (unpaired) electrons. The van der Waals surface area contributed by atoms with Crippen molar-refractivity contribution in [2.45, 2.75) is 0 Å². The van der Waals surface area contributed by atoms with Crippen LogP contribution in [-0.4, -0.2) is 0 Å². The third kappa shape index (κ3) is 6.20. The number of hydrogen-bond acceptors (Lipinski definition) is 2. The zero-order chi connectivity index (χ0) is 41.0. The Morgan fingerprint density at radius 3 is 1.15 bits per heavy atom. The van der Waals surface area contributed by atoms with Crippen molar-refractivity contribution in [3.05, 3.63) is 237 Å². The van der Waals surface area contributed by atoms with Crippen molar-refractivity contribution in [1.29, 1.82) is 0 Å². The Bertz CT molecular complexity index is 3510. The molecule has 0 unspecified atom stereocenters. The van der Waals surface area contributed by atoms with Gasteiger partial charge >= 0.3 is 0 Å². The van der Waals surface area contributed by atoms with Gasteiger partial charge in [0.1, 0.15) is 11.2 Å². The minimum Gasteiger partial charge on any atom is -0.456 e. The minimum absolute atomic E-state index is 0.904. The summed E-state index contributed by atoms with van der Waals surface area (Å²) in [5.74, 6) is 0. The van der Waals surface area contributed by atoms with E-state index >= 15 is 0 Å². The highest BCUT2D eigenvalue weighted by atomic mass is 16.3. The maximum Gasteiger partial charge on any atom is 0.135 e. The molecule has 1 heterocycles. The number of benzene rings is 11. The molecule has 62 heavy (non-hydrogen) atoms. The summed E-state index contributed by atoms with van der Waals surface area (Å²) in [6.07, 6.45) is 0. The van der Waals surface area contributed by atoms with Crippen LogP contribution >= 0.6 is 0 Å². The molecule has 0 aliphatic rings. The number of hydrogen-bond donors (Lipinski definition) is 0. The van der Waals surface area contributed by atoms with Crippen LogP contribution in [0.3, 0.4) is 0 Å². The first-order chi connectivity index (χ1) is 30.7. The maximum absolute atomic E-state index is 6.15. The Kier molecular flexibility index (Phi) is 8.53. The van der Waals surface area contributed by atoms with Gasteiger partial charge in [-0.1, -0.05) is 164 Å². The standard InChI is InChI=1S/C60H39NO/c1-3-13-40(14-4-1)45-35-46(41-15-5-2-6-16-41)37-47(36-45)43-25-30-49(31-26-43)61(50-32-33-55-53-19-8-7-17-51(53)52-18-9-10-20-54(52)57(55)39-50)48-28-23-42(24-29-48)44-27-34-60-58(38-44)56-21-11-12-22-59(56)62-60/h1-39H. The van der Waals surface area contributed by atoms with Gasteiger partial charge in [-0.25, -0.2) is 0 Å². The lowest BCUT2D eigenvalue weighted by molar-refractivity contribution is 0.669. The van der Waals surface area contributed by atoms with Crippen LogP contribution in [0.5, 0.6) is 0 Å². The Morgan fingerprint density at radius 2 is 0.597 bits per heavy atom. The molecule has 0 atom stereocenters. The molecule has 0 spiro atoms. The lowest BCUT2D eigenvalue weighted by Crippen LogP contribution is -2.10. The summed E-state index contributed by atoms with van der Waals surface area (Å²) < 4.78 is 6.15. The van der Waals surface area contributed by atoms with E-state index in [9.17, 15) is 0 Å². The zero-order valence-corrected chi connectivity index (χ0v) is 33.9. The van der Waals surface area contributed by atoms with Gasteiger partial charge in [-0.05, 0) is 150 Å². The fourth-order valence-electron chi connectivity index (χ4n) is 9.38. The largest absolute Gasteiger partial charge is 0.456 e. The van der Waals surface area contributed by atoms with Gasteiger partial charge in [0.2, 0.25) is 0 Å². The van der Waals surface area contributed by atoms with E-state index in [4.69, 9.17) is 4.42 Å². The molecule has 2 heteroatoms. The van der Waals surface area contributed by atoms with Crippen molar-refractivity contribution >= 4 is 71.3 Å². The topological polar surface area (TPSA) is 16.4 Å². The molecule has 11 aromatic carbocycles. The Labute approximate surface area is 360 Å². The second-order valence-corrected chi connectivity index (χ2v) is 16.1. The van der Waals surface area contributed by atoms with Crippen LogP contribution in [0.1, 0.15) is 0 Å². The average molecular weight is 790 g/mol. The Morgan fingerprint density at radius 1 is 0.210 bits per heavy atom. The number of anilines is 3. The second-order valence-electron chi connectivity index (χ2n) is 16.1. The van der Waals surface area contributed by atoms with Gasteiger partial charge in [-0.2, -0.15) is 0 Å². The van der Waals surface area contributed by atoms with Crippen LogP contribution in [-0.2, 0) is 0 Å². The van der Waals surface area contributed by atoms with Crippen LogP contribution in [0.15, 0.2) is 241 Å². The molecule has 0 aliphatic heterocycles. The first kappa shape index (κ1) is 35.7. The zero-order valence-electron chi connectivity index (χ0n) is 33.9. The van der Waals surface area contributed by atoms with Crippen molar-refractivity contribution in [1.82, 2.24) is 0 Å². The highest BCUT2D eigenvalue weighted by Crippen LogP contribution is 2.43. The third-order valence-corrected chi connectivity index (χ3v) is 12.4. The van der Waals surface area contributed by atoms with Crippen molar-refractivity contribution in [2.24, 2.45) is 0 Å². The molecule has 1 aromatic heterocycles. The highest BCUT2D eigenvalue weighted by Gasteiger charge is 2.17. The van der Waals surface area contributed by atoms with E-state index in [1.165, 1.54) is 60.1 Å². The highest BCUT2D eigenvalue weighted by molar-refractivity contribution is 6.25. The van der Waals surface area contributed by atoms with E-state index < -0.39 is 0 Å². The summed E-state index contributed by atoms with van der Waals surface area (Å²) >= 11 is 0. The summed E-state index contributed by atoms with van der Waals surface area (Å²) in [6, 6.07) is 85.6. The van der Waals surface area contributed by atoms with Crippen molar-refractivity contribution in [2.75, 3.05) is 4.90 Å². The lowest BCUT2D eigenvalue weighted by Gasteiger charge is -2.27. The smallest absolute Gasteiger partial charge is 0.135 e. The molecule has 0 bridgehead atoms. The van der Waals surface area contributed by atoms with Gasteiger partial charge in [-0.15, -0.1) is 0 Å². The Balaban J connectivity index is 0.993. The third-order valence-electron chi connectivity index (χ3n) is 12.4. The normalized spacial score (nSPS) is 11.5. The monoisotopic (exact) mass is 789 g/mol. The maximum atomic E-state index is 6.15. The summed E-state index contributed by atoms with van der Waals surface area (Å²) in [4.78, 5) is 2.39. The Hall–Kier alpha value is -8.20. The van der Waals surface area contributed by atoms with Crippen LogP contribution in [0.4, 0.5) is 17.1 Å². The van der Waals surface area contributed by atoms with Crippen LogP contribution in [0.2, 0.25) is 0 Å². The van der Waals surface area contributed by atoms with Crippen molar-refractivity contribution < 1.29 is 4.42 Å². The molecule has 0 aliphatic carbocycles. The fourth-order valence-corrected chi connectivity index (χ4v) is 9.38. The number of furan rings is 1. The molecule has 12 aromatic rings. The quantitative estimate of drug-likeness (QED) is 0.150. The van der Waals surface area contributed by atoms with Gasteiger partial charge in [-0.3, -0.25) is 0 Å². The van der Waals surface area contributed by atoms with Crippen LogP contribution < -0.4 is 4.90 Å². The van der Waals surface area contributed by atoms with E-state index in [0.717, 1.165) is 55.7 Å². The second kappa shape index (κ2) is 14.8. The minimum atomic E-state index is 0.904. The van der Waals surface area contributed by atoms with Crippen molar-refractivity contribution in [3.8, 4) is 44.5 Å². The summed E-state index contributed by atoms with van der Waals surface area (Å²) in [6.45, 7) is 0. The molecule has 290 valence electrons. The van der Waals surface area contributed by atoms with E-state index in [2.05, 4.69) is 229 Å². The molecule has 0 saturated heterocycles. The number of fused-ring (bicyclic) bond motifs is 9. The average Bonchev–Trinajstić information content (AvgIpc) is 3.73. The molecule has 0 fully saturated rings. The van der Waals surface area contributed by atoms with Crippen LogP contribution in [0.25, 0.3) is 98.8 Å². The van der Waals surface area contributed by atoms with Gasteiger partial charge in [0.25, 0.3) is 0 Å². The molecule has 0 N–H and O–H groups in total. The summed E-state index contributed by atoms with van der Waals surface area (Å²) in [5, 5.41) is 9.82.